The topological polar surface area (TPSA) is 75.7 Å². The summed E-state index contributed by atoms with van der Waals surface area (Å²) in [6, 6.07) is 12.3. The number of nitrogens with one attached hydrogen (secondary N) is 1. The van der Waals surface area contributed by atoms with Crippen molar-refractivity contribution in [2.75, 3.05) is 24.5 Å². The molecule has 6 nitrogen and oxygen atoms in total. The van der Waals surface area contributed by atoms with Crippen LogP contribution in [0, 0.1) is 0 Å². The smallest absolute Gasteiger partial charge is 0.261 e. The lowest BCUT2D eigenvalue weighted by Gasteiger charge is -2.33. The van der Waals surface area contributed by atoms with Gasteiger partial charge in [0.2, 0.25) is 0 Å². The van der Waals surface area contributed by atoms with Gasteiger partial charge in [-0.15, -0.1) is 0 Å². The number of hydrogen-bond donors (Lipinski definition) is 1. The lowest BCUT2D eigenvalue weighted by atomic mass is 10.1. The zero-order valence-corrected chi connectivity index (χ0v) is 15.8. The van der Waals surface area contributed by atoms with Crippen molar-refractivity contribution < 1.29 is 17.9 Å². The van der Waals surface area contributed by atoms with Gasteiger partial charge in [0.1, 0.15) is 0 Å². The van der Waals surface area contributed by atoms with Crippen molar-refractivity contribution in [3.8, 4) is 0 Å². The molecule has 2 aromatic rings. The van der Waals surface area contributed by atoms with Crippen LogP contribution in [-0.4, -0.2) is 45.0 Å². The Morgan fingerprint density at radius 1 is 1.23 bits per heavy atom. The first-order chi connectivity index (χ1) is 12.4. The van der Waals surface area contributed by atoms with E-state index in [-0.39, 0.29) is 16.8 Å². The lowest BCUT2D eigenvalue weighted by Crippen LogP contribution is -2.47. The van der Waals surface area contributed by atoms with E-state index in [0.717, 1.165) is 0 Å². The summed E-state index contributed by atoms with van der Waals surface area (Å²) >= 11 is 5.80. The molecule has 1 amide bonds. The Labute approximate surface area is 157 Å². The normalized spacial score (nSPS) is 17.8. The summed E-state index contributed by atoms with van der Waals surface area (Å²) in [7, 11) is -3.76. The largest absolute Gasteiger partial charge is 0.377 e. The molecular weight excluding hydrogens is 376 g/mol. The van der Waals surface area contributed by atoms with Crippen molar-refractivity contribution in [1.29, 1.82) is 0 Å². The van der Waals surface area contributed by atoms with E-state index in [2.05, 4.69) is 4.72 Å². The molecule has 1 fully saturated rings. The minimum Gasteiger partial charge on any atom is -0.377 e. The minimum absolute atomic E-state index is 0.0225. The molecule has 3 rings (SSSR count). The highest BCUT2D eigenvalue weighted by molar-refractivity contribution is 7.92. The second-order valence-corrected chi connectivity index (χ2v) is 8.18. The maximum absolute atomic E-state index is 12.7. The van der Waals surface area contributed by atoms with Gasteiger partial charge < -0.3 is 9.64 Å². The first-order valence-electron chi connectivity index (χ1n) is 8.14. The number of rotatable bonds is 4. The number of sulfonamides is 1. The Kier molecular flexibility index (Phi) is 5.50. The van der Waals surface area contributed by atoms with Crippen molar-refractivity contribution >= 4 is 33.2 Å². The first kappa shape index (κ1) is 18.7. The summed E-state index contributed by atoms with van der Waals surface area (Å²) in [4.78, 5) is 14.5. The molecule has 8 heteroatoms. The molecule has 138 valence electrons. The Morgan fingerprint density at radius 3 is 2.65 bits per heavy atom. The van der Waals surface area contributed by atoms with Crippen molar-refractivity contribution in [2.24, 2.45) is 0 Å². The molecule has 1 heterocycles. The van der Waals surface area contributed by atoms with Gasteiger partial charge in [-0.1, -0.05) is 17.7 Å². The van der Waals surface area contributed by atoms with Crippen molar-refractivity contribution in [2.45, 2.75) is 17.9 Å². The number of anilines is 1. The van der Waals surface area contributed by atoms with Crippen molar-refractivity contribution in [1.82, 2.24) is 4.90 Å². The van der Waals surface area contributed by atoms with Gasteiger partial charge in [0, 0.05) is 22.8 Å². The van der Waals surface area contributed by atoms with Crippen LogP contribution in [0.4, 0.5) is 5.69 Å². The highest BCUT2D eigenvalue weighted by Gasteiger charge is 2.25. The summed E-state index contributed by atoms with van der Waals surface area (Å²) in [6.07, 6.45) is 0. The molecule has 1 unspecified atom stereocenters. The van der Waals surface area contributed by atoms with Crippen LogP contribution in [0.3, 0.4) is 0 Å². The molecule has 1 N–H and O–H groups in total. The number of morpholine rings is 1. The van der Waals surface area contributed by atoms with Crippen LogP contribution in [0.25, 0.3) is 0 Å². The molecule has 1 atom stereocenters. The van der Waals surface area contributed by atoms with Crippen LogP contribution in [0.5, 0.6) is 0 Å². The molecule has 0 aromatic heterocycles. The third kappa shape index (κ3) is 4.17. The molecule has 0 bridgehead atoms. The predicted molar refractivity (Wildman–Crippen MR) is 100 cm³/mol. The quantitative estimate of drug-likeness (QED) is 0.864. The van der Waals surface area contributed by atoms with Crippen LogP contribution in [0.1, 0.15) is 17.3 Å². The van der Waals surface area contributed by atoms with E-state index < -0.39 is 10.0 Å². The molecule has 1 aliphatic rings. The molecular formula is C18H19ClN2O4S. The molecule has 1 aliphatic heterocycles. The summed E-state index contributed by atoms with van der Waals surface area (Å²) in [5.74, 6) is -0.145. The molecule has 0 saturated carbocycles. The number of amides is 1. The second-order valence-electron chi connectivity index (χ2n) is 6.06. The lowest BCUT2D eigenvalue weighted by molar-refractivity contribution is 0.00360. The van der Waals surface area contributed by atoms with Crippen molar-refractivity contribution in [3.05, 3.63) is 59.1 Å². The number of carbonyl (C=O) groups is 1. The van der Waals surface area contributed by atoms with Gasteiger partial charge in [-0.25, -0.2) is 8.42 Å². The summed E-state index contributed by atoms with van der Waals surface area (Å²) in [6.45, 7) is 3.43. The third-order valence-electron chi connectivity index (χ3n) is 4.11. The fraction of sp³-hybridized carbons (Fsp3) is 0.278. The van der Waals surface area contributed by atoms with Gasteiger partial charge in [0.15, 0.2) is 0 Å². The number of halogens is 1. The summed E-state index contributed by atoms with van der Waals surface area (Å²) < 4.78 is 32.8. The van der Waals surface area contributed by atoms with E-state index >= 15 is 0 Å². The van der Waals surface area contributed by atoms with E-state index in [1.807, 2.05) is 6.92 Å². The van der Waals surface area contributed by atoms with Gasteiger partial charge >= 0.3 is 0 Å². The minimum atomic E-state index is -3.76. The van der Waals surface area contributed by atoms with Gasteiger partial charge in [0.25, 0.3) is 15.9 Å². The van der Waals surface area contributed by atoms with Crippen LogP contribution in [0.15, 0.2) is 53.4 Å². The van der Waals surface area contributed by atoms with Crippen LogP contribution < -0.4 is 4.72 Å². The van der Waals surface area contributed by atoms with Crippen LogP contribution >= 0.6 is 11.6 Å². The Hall–Kier alpha value is -2.09. The van der Waals surface area contributed by atoms with Gasteiger partial charge in [-0.2, -0.15) is 0 Å². The van der Waals surface area contributed by atoms with E-state index in [0.29, 0.717) is 36.0 Å². The number of ether oxygens (including phenoxy) is 1. The van der Waals surface area contributed by atoms with E-state index in [1.54, 1.807) is 23.1 Å². The number of benzene rings is 2. The van der Waals surface area contributed by atoms with Crippen LogP contribution in [-0.2, 0) is 14.8 Å². The summed E-state index contributed by atoms with van der Waals surface area (Å²) in [5.41, 5.74) is 0.752. The molecule has 0 spiro atoms. The van der Waals surface area contributed by atoms with Crippen LogP contribution in [0.2, 0.25) is 5.02 Å². The zero-order valence-electron chi connectivity index (χ0n) is 14.2. The molecule has 26 heavy (non-hydrogen) atoms. The van der Waals surface area contributed by atoms with Gasteiger partial charge in [-0.3, -0.25) is 9.52 Å². The third-order valence-corrected chi connectivity index (χ3v) is 5.76. The fourth-order valence-electron chi connectivity index (χ4n) is 2.74. The fourth-order valence-corrected chi connectivity index (χ4v) is 3.91. The van der Waals surface area contributed by atoms with E-state index in [4.69, 9.17) is 16.3 Å². The highest BCUT2D eigenvalue weighted by atomic mass is 35.5. The zero-order chi connectivity index (χ0) is 18.7. The number of hydrogen-bond acceptors (Lipinski definition) is 4. The SMILES string of the molecule is CC1COCCN1C(=O)c1cccc(NS(=O)(=O)c2ccc(Cl)cc2)c1. The maximum Gasteiger partial charge on any atom is 0.261 e. The highest BCUT2D eigenvalue weighted by Crippen LogP contribution is 2.20. The molecule has 0 radical (unpaired) electrons. The maximum atomic E-state index is 12.7. The average molecular weight is 395 g/mol. The Bertz CT molecular complexity index is 900. The molecule has 0 aliphatic carbocycles. The van der Waals surface area contributed by atoms with Crippen molar-refractivity contribution in [3.63, 3.8) is 0 Å². The molecule has 1 saturated heterocycles. The predicted octanol–water partition coefficient (Wildman–Crippen LogP) is 3.00. The van der Waals surface area contributed by atoms with Gasteiger partial charge in [0.05, 0.1) is 24.2 Å². The van der Waals surface area contributed by atoms with E-state index in [9.17, 15) is 13.2 Å². The Morgan fingerprint density at radius 2 is 1.96 bits per heavy atom. The summed E-state index contributed by atoms with van der Waals surface area (Å²) in [5, 5.41) is 0.455. The standard InChI is InChI=1S/C18H19ClN2O4S/c1-13-12-25-10-9-21(13)18(22)14-3-2-4-16(11-14)20-26(23,24)17-7-5-15(19)6-8-17/h2-8,11,13,20H,9-10,12H2,1H3. The van der Waals surface area contributed by atoms with Gasteiger partial charge in [-0.05, 0) is 49.4 Å². The average Bonchev–Trinajstić information content (AvgIpc) is 2.62. The second kappa shape index (κ2) is 7.65. The van der Waals surface area contributed by atoms with E-state index in [1.165, 1.54) is 30.3 Å². The first-order valence-corrected chi connectivity index (χ1v) is 10.00. The number of nitrogens with zero attached hydrogens (tertiary/aromatic N) is 1. The number of carbonyl (C=O) groups excluding carboxylic acids is 1. The monoisotopic (exact) mass is 394 g/mol. The Balaban J connectivity index is 1.81. The molecule has 2 aromatic carbocycles.